The van der Waals surface area contributed by atoms with E-state index in [-0.39, 0.29) is 24.8 Å². The molecule has 0 saturated carbocycles. The van der Waals surface area contributed by atoms with Crippen molar-refractivity contribution in [1.29, 1.82) is 0 Å². The minimum atomic E-state index is -3.02. The Morgan fingerprint density at radius 3 is 2.13 bits per heavy atom. The quantitative estimate of drug-likeness (QED) is 0.851. The molecular formula is C16H28Cl2N2O2S. The zero-order chi connectivity index (χ0) is 15.5. The smallest absolute Gasteiger partial charge is 0.211 e. The van der Waals surface area contributed by atoms with Crippen LogP contribution in [0.3, 0.4) is 0 Å². The first-order valence-electron chi connectivity index (χ1n) is 7.61. The van der Waals surface area contributed by atoms with Crippen molar-refractivity contribution in [3.8, 4) is 0 Å². The molecule has 4 nitrogen and oxygen atoms in total. The molecule has 0 amide bonds. The summed E-state index contributed by atoms with van der Waals surface area (Å²) in [5.74, 6) is 0. The van der Waals surface area contributed by atoms with Gasteiger partial charge in [-0.1, -0.05) is 18.2 Å². The van der Waals surface area contributed by atoms with E-state index in [0.29, 0.717) is 19.1 Å². The van der Waals surface area contributed by atoms with Crippen molar-refractivity contribution in [1.82, 2.24) is 9.62 Å². The molecule has 1 N–H and O–H groups in total. The monoisotopic (exact) mass is 382 g/mol. The molecule has 0 spiro atoms. The number of piperidine rings is 1. The number of hydrogen-bond acceptors (Lipinski definition) is 3. The number of aryl methyl sites for hydroxylation is 2. The topological polar surface area (TPSA) is 49.4 Å². The maximum Gasteiger partial charge on any atom is 0.211 e. The van der Waals surface area contributed by atoms with E-state index in [1.54, 1.807) is 4.31 Å². The second-order valence-corrected chi connectivity index (χ2v) is 7.99. The molecule has 1 aromatic rings. The predicted octanol–water partition coefficient (Wildman–Crippen LogP) is 2.70. The molecule has 0 unspecified atom stereocenters. The fourth-order valence-corrected chi connectivity index (χ4v) is 3.91. The maximum absolute atomic E-state index is 11.5. The van der Waals surface area contributed by atoms with Gasteiger partial charge in [-0.3, -0.25) is 0 Å². The van der Waals surface area contributed by atoms with Crippen LogP contribution in [0.1, 0.15) is 29.5 Å². The van der Waals surface area contributed by atoms with Crippen molar-refractivity contribution in [3.05, 3.63) is 34.9 Å². The molecule has 0 aliphatic carbocycles. The fourth-order valence-electron chi connectivity index (χ4n) is 3.04. The lowest BCUT2D eigenvalue weighted by Gasteiger charge is -2.30. The van der Waals surface area contributed by atoms with Crippen LogP contribution >= 0.6 is 24.8 Å². The summed E-state index contributed by atoms with van der Waals surface area (Å²) in [7, 11) is -3.02. The highest BCUT2D eigenvalue weighted by Crippen LogP contribution is 2.15. The van der Waals surface area contributed by atoms with Gasteiger partial charge in [-0.15, -0.1) is 24.8 Å². The summed E-state index contributed by atoms with van der Waals surface area (Å²) in [6.45, 7) is 6.55. The number of nitrogens with zero attached hydrogens (tertiary/aromatic N) is 1. The highest BCUT2D eigenvalue weighted by atomic mass is 35.5. The Balaban J connectivity index is 0.00000242. The summed E-state index contributed by atoms with van der Waals surface area (Å²) < 4.78 is 24.5. The van der Waals surface area contributed by atoms with Crippen molar-refractivity contribution >= 4 is 34.8 Å². The van der Waals surface area contributed by atoms with Gasteiger partial charge in [0, 0.05) is 19.1 Å². The second-order valence-electron chi connectivity index (χ2n) is 6.01. The molecule has 1 heterocycles. The molecule has 134 valence electrons. The molecular weight excluding hydrogens is 355 g/mol. The van der Waals surface area contributed by atoms with E-state index in [9.17, 15) is 8.42 Å². The Hall–Kier alpha value is -0.330. The molecule has 2 rings (SSSR count). The summed E-state index contributed by atoms with van der Waals surface area (Å²) in [4.78, 5) is 0. The van der Waals surface area contributed by atoms with Gasteiger partial charge in [-0.2, -0.15) is 0 Å². The minimum Gasteiger partial charge on any atom is -0.314 e. The SMILES string of the molecule is Cc1cccc(C)c1CCNC1CCN(S(C)(=O)=O)CC1.Cl.Cl. The van der Waals surface area contributed by atoms with Gasteiger partial charge >= 0.3 is 0 Å². The maximum atomic E-state index is 11.5. The van der Waals surface area contributed by atoms with Crippen molar-refractivity contribution in [2.45, 2.75) is 39.2 Å². The molecule has 1 aromatic carbocycles. The third-order valence-electron chi connectivity index (χ3n) is 4.38. The molecule has 1 saturated heterocycles. The third kappa shape index (κ3) is 6.59. The van der Waals surface area contributed by atoms with E-state index in [4.69, 9.17) is 0 Å². The fraction of sp³-hybridized carbons (Fsp3) is 0.625. The summed E-state index contributed by atoms with van der Waals surface area (Å²) >= 11 is 0. The van der Waals surface area contributed by atoms with Crippen LogP contribution in [0, 0.1) is 13.8 Å². The Kier molecular flexibility index (Phi) is 9.70. The van der Waals surface area contributed by atoms with Crippen molar-refractivity contribution in [2.75, 3.05) is 25.9 Å². The normalized spacial score (nSPS) is 16.5. The zero-order valence-electron chi connectivity index (χ0n) is 14.0. The van der Waals surface area contributed by atoms with Crippen LogP contribution in [-0.2, 0) is 16.4 Å². The van der Waals surface area contributed by atoms with Gasteiger partial charge in [0.15, 0.2) is 0 Å². The third-order valence-corrected chi connectivity index (χ3v) is 5.68. The van der Waals surface area contributed by atoms with Crippen LogP contribution in [0.2, 0.25) is 0 Å². The minimum absolute atomic E-state index is 0. The number of sulfonamides is 1. The average molecular weight is 383 g/mol. The highest BCUT2D eigenvalue weighted by molar-refractivity contribution is 7.88. The van der Waals surface area contributed by atoms with Gasteiger partial charge in [-0.05, 0) is 56.3 Å². The first kappa shape index (κ1) is 22.7. The van der Waals surface area contributed by atoms with Crippen molar-refractivity contribution in [3.63, 3.8) is 0 Å². The number of rotatable bonds is 5. The van der Waals surface area contributed by atoms with E-state index >= 15 is 0 Å². The first-order chi connectivity index (χ1) is 9.88. The van der Waals surface area contributed by atoms with E-state index in [1.165, 1.54) is 22.9 Å². The number of hydrogen-bond donors (Lipinski definition) is 1. The Labute approximate surface area is 152 Å². The van der Waals surface area contributed by atoms with Gasteiger partial charge in [0.05, 0.1) is 6.26 Å². The van der Waals surface area contributed by atoms with E-state index in [0.717, 1.165) is 25.8 Å². The van der Waals surface area contributed by atoms with E-state index in [1.807, 2.05) is 0 Å². The van der Waals surface area contributed by atoms with Crippen LogP contribution in [0.5, 0.6) is 0 Å². The largest absolute Gasteiger partial charge is 0.314 e. The highest BCUT2D eigenvalue weighted by Gasteiger charge is 2.24. The van der Waals surface area contributed by atoms with Gasteiger partial charge in [0.25, 0.3) is 0 Å². The Morgan fingerprint density at radius 2 is 1.65 bits per heavy atom. The lowest BCUT2D eigenvalue weighted by Crippen LogP contribution is -2.44. The van der Waals surface area contributed by atoms with E-state index < -0.39 is 10.0 Å². The van der Waals surface area contributed by atoms with Gasteiger partial charge in [0.1, 0.15) is 0 Å². The lowest BCUT2D eigenvalue weighted by atomic mass is 9.99. The van der Waals surface area contributed by atoms with Gasteiger partial charge in [0.2, 0.25) is 10.0 Å². The average Bonchev–Trinajstić information content (AvgIpc) is 2.42. The van der Waals surface area contributed by atoms with Gasteiger partial charge < -0.3 is 5.32 Å². The zero-order valence-corrected chi connectivity index (χ0v) is 16.5. The first-order valence-corrected chi connectivity index (χ1v) is 9.46. The standard InChI is InChI=1S/C16H26N2O2S.2ClH/c1-13-5-4-6-14(2)16(13)7-10-17-15-8-11-18(12-9-15)21(3,19)20;;/h4-6,15,17H,7-12H2,1-3H3;2*1H. The van der Waals surface area contributed by atoms with Crippen LogP contribution in [-0.4, -0.2) is 44.7 Å². The summed E-state index contributed by atoms with van der Waals surface area (Å²) in [6, 6.07) is 6.86. The van der Waals surface area contributed by atoms with Crippen LogP contribution in [0.25, 0.3) is 0 Å². The number of nitrogens with one attached hydrogen (secondary N) is 1. The molecule has 1 aliphatic heterocycles. The van der Waals surface area contributed by atoms with Gasteiger partial charge in [-0.25, -0.2) is 12.7 Å². The molecule has 0 bridgehead atoms. The number of halogens is 2. The van der Waals surface area contributed by atoms with Crippen LogP contribution in [0.4, 0.5) is 0 Å². The Morgan fingerprint density at radius 1 is 1.13 bits per heavy atom. The summed E-state index contributed by atoms with van der Waals surface area (Å²) in [5, 5.41) is 3.58. The van der Waals surface area contributed by atoms with Crippen molar-refractivity contribution in [2.24, 2.45) is 0 Å². The van der Waals surface area contributed by atoms with Crippen LogP contribution < -0.4 is 5.32 Å². The molecule has 1 fully saturated rings. The molecule has 0 radical (unpaired) electrons. The van der Waals surface area contributed by atoms with Crippen LogP contribution in [0.15, 0.2) is 18.2 Å². The summed E-state index contributed by atoms with van der Waals surface area (Å²) in [6.07, 6.45) is 4.13. The lowest BCUT2D eigenvalue weighted by molar-refractivity contribution is 0.292. The van der Waals surface area contributed by atoms with Crippen molar-refractivity contribution < 1.29 is 8.42 Å². The molecule has 7 heteroatoms. The molecule has 0 atom stereocenters. The second kappa shape index (κ2) is 9.84. The van der Waals surface area contributed by atoms with E-state index in [2.05, 4.69) is 37.4 Å². The molecule has 1 aliphatic rings. The summed E-state index contributed by atoms with van der Waals surface area (Å²) in [5.41, 5.74) is 4.13. The Bertz CT molecular complexity index is 565. The number of benzene rings is 1. The molecule has 0 aromatic heterocycles. The molecule has 23 heavy (non-hydrogen) atoms. The predicted molar refractivity (Wildman–Crippen MR) is 102 cm³/mol.